The number of likely N-dealkylation sites (tertiary alicyclic amines) is 1. The van der Waals surface area contributed by atoms with Crippen LogP contribution in [-0.4, -0.2) is 30.8 Å². The summed E-state index contributed by atoms with van der Waals surface area (Å²) >= 11 is 0. The quantitative estimate of drug-likeness (QED) is 0.796. The predicted molar refractivity (Wildman–Crippen MR) is 85.3 cm³/mol. The molecule has 0 aliphatic carbocycles. The summed E-state index contributed by atoms with van der Waals surface area (Å²) in [6.45, 7) is 5.02. The Kier molecular flexibility index (Phi) is 3.86. The molecule has 0 spiro atoms. The normalized spacial score (nSPS) is 20.2. The SMILES string of the molecule is Cc1ccc(/C=C2/CN(C)C/C(=C\c3ccc(C)o3)C2=O)o1. The maximum Gasteiger partial charge on any atom is 0.187 e. The third-order valence-corrected chi connectivity index (χ3v) is 3.62. The molecule has 0 amide bonds. The van der Waals surface area contributed by atoms with Crippen LogP contribution in [0, 0.1) is 13.8 Å². The molecule has 0 atom stereocenters. The highest BCUT2D eigenvalue weighted by Crippen LogP contribution is 2.22. The fraction of sp³-hybridized carbons (Fsp3) is 0.278. The topological polar surface area (TPSA) is 46.6 Å². The molecule has 1 fully saturated rings. The molecular weight excluding hydrogens is 278 g/mol. The van der Waals surface area contributed by atoms with Gasteiger partial charge in [-0.25, -0.2) is 0 Å². The Labute approximate surface area is 129 Å². The molecule has 114 valence electrons. The summed E-state index contributed by atoms with van der Waals surface area (Å²) in [5.74, 6) is 3.16. The molecule has 1 saturated heterocycles. The lowest BCUT2D eigenvalue weighted by Crippen LogP contribution is -2.34. The summed E-state index contributed by atoms with van der Waals surface area (Å²) in [5, 5.41) is 0. The Morgan fingerprint density at radius 1 is 0.909 bits per heavy atom. The summed E-state index contributed by atoms with van der Waals surface area (Å²) in [7, 11) is 1.99. The second-order valence-electron chi connectivity index (χ2n) is 5.74. The second-order valence-corrected chi connectivity index (χ2v) is 5.74. The maximum atomic E-state index is 12.6. The molecule has 1 aliphatic heterocycles. The van der Waals surface area contributed by atoms with Crippen LogP contribution >= 0.6 is 0 Å². The van der Waals surface area contributed by atoms with Gasteiger partial charge in [-0.1, -0.05) is 0 Å². The zero-order valence-electron chi connectivity index (χ0n) is 13.1. The van der Waals surface area contributed by atoms with Crippen LogP contribution in [0.15, 0.2) is 44.2 Å². The van der Waals surface area contributed by atoms with E-state index in [0.29, 0.717) is 24.6 Å². The van der Waals surface area contributed by atoms with Crippen LogP contribution in [-0.2, 0) is 4.79 Å². The molecule has 0 N–H and O–H groups in total. The van der Waals surface area contributed by atoms with Crippen LogP contribution in [0.4, 0.5) is 0 Å². The number of hydrogen-bond donors (Lipinski definition) is 0. The van der Waals surface area contributed by atoms with Crippen molar-refractivity contribution in [2.45, 2.75) is 13.8 Å². The number of likely N-dealkylation sites (N-methyl/N-ethyl adjacent to an activating group) is 1. The molecule has 2 aromatic heterocycles. The number of rotatable bonds is 2. The van der Waals surface area contributed by atoms with E-state index in [2.05, 4.69) is 4.90 Å². The van der Waals surface area contributed by atoms with Crippen LogP contribution in [0.5, 0.6) is 0 Å². The van der Waals surface area contributed by atoms with Crippen molar-refractivity contribution in [3.63, 3.8) is 0 Å². The van der Waals surface area contributed by atoms with Gasteiger partial charge in [0.25, 0.3) is 0 Å². The first kappa shape index (κ1) is 14.6. The fourth-order valence-corrected chi connectivity index (χ4v) is 2.62. The number of aryl methyl sites for hydroxylation is 2. The molecule has 0 aromatic carbocycles. The van der Waals surface area contributed by atoms with Gasteiger partial charge in [-0.15, -0.1) is 0 Å². The van der Waals surface area contributed by atoms with Crippen LogP contribution in [0.3, 0.4) is 0 Å². The van der Waals surface area contributed by atoms with Crippen LogP contribution in [0.2, 0.25) is 0 Å². The molecule has 3 heterocycles. The van der Waals surface area contributed by atoms with Gasteiger partial charge in [-0.05, 0) is 57.3 Å². The minimum Gasteiger partial charge on any atom is -0.462 e. The second kappa shape index (κ2) is 5.81. The van der Waals surface area contributed by atoms with Gasteiger partial charge in [0, 0.05) is 24.2 Å². The lowest BCUT2D eigenvalue weighted by atomic mass is 9.96. The molecule has 0 bridgehead atoms. The van der Waals surface area contributed by atoms with Crippen molar-refractivity contribution in [3.8, 4) is 0 Å². The average molecular weight is 297 g/mol. The summed E-state index contributed by atoms with van der Waals surface area (Å²) in [4.78, 5) is 14.7. The standard InChI is InChI=1S/C18H19NO3/c1-12-4-6-16(21-12)8-14-10-19(3)11-15(18(14)20)9-17-7-5-13(2)22-17/h4-9H,10-11H2,1-3H3/b14-8-,15-9+. The first-order chi connectivity index (χ1) is 10.5. The van der Waals surface area contributed by atoms with E-state index in [1.54, 1.807) is 0 Å². The van der Waals surface area contributed by atoms with Gasteiger partial charge in [0.15, 0.2) is 5.78 Å². The highest BCUT2D eigenvalue weighted by atomic mass is 16.3. The third kappa shape index (κ3) is 3.12. The molecule has 2 aromatic rings. The smallest absolute Gasteiger partial charge is 0.187 e. The zero-order valence-corrected chi connectivity index (χ0v) is 13.1. The molecule has 4 heteroatoms. The van der Waals surface area contributed by atoms with Crippen LogP contribution < -0.4 is 0 Å². The van der Waals surface area contributed by atoms with E-state index in [0.717, 1.165) is 22.7 Å². The molecule has 0 radical (unpaired) electrons. The molecule has 3 rings (SSSR count). The van der Waals surface area contributed by atoms with Crippen molar-refractivity contribution >= 4 is 17.9 Å². The summed E-state index contributed by atoms with van der Waals surface area (Å²) < 4.78 is 11.1. The molecule has 0 unspecified atom stereocenters. The lowest BCUT2D eigenvalue weighted by molar-refractivity contribution is -0.113. The predicted octanol–water partition coefficient (Wildman–Crippen LogP) is 3.47. The largest absolute Gasteiger partial charge is 0.462 e. The van der Waals surface area contributed by atoms with E-state index >= 15 is 0 Å². The molecule has 1 aliphatic rings. The lowest BCUT2D eigenvalue weighted by Gasteiger charge is -2.25. The Balaban J connectivity index is 1.91. The minimum absolute atomic E-state index is 0.0567. The Hall–Kier alpha value is -2.33. The van der Waals surface area contributed by atoms with E-state index in [4.69, 9.17) is 8.83 Å². The van der Waals surface area contributed by atoms with E-state index < -0.39 is 0 Å². The summed E-state index contributed by atoms with van der Waals surface area (Å²) in [6, 6.07) is 7.55. The molecular formula is C18H19NO3. The van der Waals surface area contributed by atoms with Crippen molar-refractivity contribution in [2.75, 3.05) is 20.1 Å². The average Bonchev–Trinajstić information content (AvgIpc) is 3.04. The Bertz CT molecular complexity index is 699. The molecule has 0 saturated carbocycles. The molecule has 22 heavy (non-hydrogen) atoms. The number of furan rings is 2. The van der Waals surface area contributed by atoms with Gasteiger partial charge in [-0.2, -0.15) is 0 Å². The Morgan fingerprint density at radius 3 is 1.73 bits per heavy atom. The number of carbonyl (C=O) groups is 1. The van der Waals surface area contributed by atoms with Gasteiger partial charge in [0.1, 0.15) is 23.0 Å². The summed E-state index contributed by atoms with van der Waals surface area (Å²) in [6.07, 6.45) is 3.65. The van der Waals surface area contributed by atoms with Crippen molar-refractivity contribution < 1.29 is 13.6 Å². The van der Waals surface area contributed by atoms with Crippen molar-refractivity contribution in [1.82, 2.24) is 4.90 Å². The van der Waals surface area contributed by atoms with Crippen molar-refractivity contribution in [2.24, 2.45) is 0 Å². The highest BCUT2D eigenvalue weighted by Gasteiger charge is 2.24. The van der Waals surface area contributed by atoms with Crippen molar-refractivity contribution in [1.29, 1.82) is 0 Å². The highest BCUT2D eigenvalue weighted by molar-refractivity contribution is 6.14. The number of ketones is 1. The van der Waals surface area contributed by atoms with Crippen LogP contribution in [0.25, 0.3) is 12.2 Å². The zero-order chi connectivity index (χ0) is 15.7. The number of piperidine rings is 1. The van der Waals surface area contributed by atoms with Crippen LogP contribution in [0.1, 0.15) is 23.0 Å². The number of hydrogen-bond acceptors (Lipinski definition) is 4. The number of Topliss-reactive ketones (excluding diaryl/α,β-unsaturated/α-hetero) is 1. The summed E-state index contributed by atoms with van der Waals surface area (Å²) in [5.41, 5.74) is 1.47. The maximum absolute atomic E-state index is 12.6. The number of carbonyl (C=O) groups excluding carboxylic acids is 1. The van der Waals surface area contributed by atoms with Crippen molar-refractivity contribution in [3.05, 3.63) is 58.5 Å². The fourth-order valence-electron chi connectivity index (χ4n) is 2.62. The van der Waals surface area contributed by atoms with E-state index in [1.165, 1.54) is 0 Å². The number of nitrogens with zero attached hydrogens (tertiary/aromatic N) is 1. The van der Waals surface area contributed by atoms with E-state index in [-0.39, 0.29) is 5.78 Å². The minimum atomic E-state index is 0.0567. The molecule has 4 nitrogen and oxygen atoms in total. The monoisotopic (exact) mass is 297 g/mol. The third-order valence-electron chi connectivity index (χ3n) is 3.62. The van der Waals surface area contributed by atoms with Gasteiger partial charge in [0.2, 0.25) is 0 Å². The van der Waals surface area contributed by atoms with E-state index in [1.807, 2.05) is 57.3 Å². The van der Waals surface area contributed by atoms with E-state index in [9.17, 15) is 4.79 Å². The Morgan fingerprint density at radius 2 is 1.36 bits per heavy atom. The van der Waals surface area contributed by atoms with Gasteiger partial charge >= 0.3 is 0 Å². The van der Waals surface area contributed by atoms with Gasteiger partial charge in [-0.3, -0.25) is 9.69 Å². The first-order valence-corrected chi connectivity index (χ1v) is 7.28. The van der Waals surface area contributed by atoms with Gasteiger partial charge < -0.3 is 8.83 Å². The van der Waals surface area contributed by atoms with Gasteiger partial charge in [0.05, 0.1) is 0 Å². The first-order valence-electron chi connectivity index (χ1n) is 7.28.